The molecule has 0 bridgehead atoms. The number of nitrogens with one attached hydrogen (secondary N) is 1. The van der Waals surface area contributed by atoms with Crippen molar-refractivity contribution < 1.29 is 22.3 Å². The van der Waals surface area contributed by atoms with Crippen LogP contribution in [0.4, 0.5) is 29.2 Å². The number of benzene rings is 2. The van der Waals surface area contributed by atoms with Gasteiger partial charge in [0, 0.05) is 23.5 Å². The number of alkyl halides is 4. The van der Waals surface area contributed by atoms with Crippen LogP contribution in [0.15, 0.2) is 48.7 Å². The first-order valence-electron chi connectivity index (χ1n) is 7.86. The summed E-state index contributed by atoms with van der Waals surface area (Å²) in [4.78, 5) is 8.31. The van der Waals surface area contributed by atoms with Crippen molar-refractivity contribution in [2.75, 3.05) is 5.32 Å². The fraction of sp³-hybridized carbons (Fsp3) is 0.111. The van der Waals surface area contributed by atoms with Gasteiger partial charge >= 0.3 is 12.5 Å². The molecule has 0 fully saturated rings. The van der Waals surface area contributed by atoms with Gasteiger partial charge in [0.2, 0.25) is 5.95 Å². The Balaban J connectivity index is 1.85. The second-order valence-electron chi connectivity index (χ2n) is 5.61. The van der Waals surface area contributed by atoms with E-state index in [1.54, 1.807) is 18.2 Å². The third kappa shape index (κ3) is 5.01. The quantitative estimate of drug-likeness (QED) is 0.311. The molecule has 0 saturated heterocycles. The van der Waals surface area contributed by atoms with Crippen molar-refractivity contribution >= 4 is 46.4 Å². The fourth-order valence-corrected chi connectivity index (χ4v) is 2.89. The van der Waals surface area contributed by atoms with Gasteiger partial charge in [0.05, 0.1) is 20.8 Å². The smallest absolute Gasteiger partial charge is 0.428 e. The highest BCUT2D eigenvalue weighted by Gasteiger charge is 2.44. The Morgan fingerprint density at radius 3 is 2.48 bits per heavy atom. The van der Waals surface area contributed by atoms with Crippen molar-refractivity contribution in [3.8, 4) is 17.0 Å². The molecule has 0 radical (unpaired) electrons. The average molecular weight is 467 g/mol. The van der Waals surface area contributed by atoms with Gasteiger partial charge in [0.1, 0.15) is 5.75 Å². The molecule has 0 unspecified atom stereocenters. The second-order valence-corrected chi connectivity index (χ2v) is 6.77. The maximum Gasteiger partial charge on any atom is 0.461 e. The van der Waals surface area contributed by atoms with E-state index in [4.69, 9.17) is 34.8 Å². The molecule has 0 aliphatic carbocycles. The van der Waals surface area contributed by atoms with Gasteiger partial charge in [-0.25, -0.2) is 9.97 Å². The number of rotatable bonds is 6. The van der Waals surface area contributed by atoms with Crippen molar-refractivity contribution in [3.63, 3.8) is 0 Å². The zero-order valence-corrected chi connectivity index (χ0v) is 16.4. The van der Waals surface area contributed by atoms with Crippen LogP contribution in [0.2, 0.25) is 15.1 Å². The SMILES string of the molecule is FC(F)C(F)(F)Oc1cccc(Nc2nccc(-c3ccc(Cl)c(Cl)c3Cl)n2)c1. The predicted octanol–water partition coefficient (Wildman–Crippen LogP) is 7.08. The maximum absolute atomic E-state index is 13.1. The first-order chi connectivity index (χ1) is 13.7. The Kier molecular flexibility index (Phi) is 6.36. The number of nitrogens with zero attached hydrogens (tertiary/aromatic N) is 2. The third-order valence-corrected chi connectivity index (χ3v) is 4.86. The minimum Gasteiger partial charge on any atom is -0.428 e. The van der Waals surface area contributed by atoms with Crippen LogP contribution in [0.1, 0.15) is 0 Å². The minimum absolute atomic E-state index is 0.0995. The van der Waals surface area contributed by atoms with Crippen molar-refractivity contribution in [1.82, 2.24) is 9.97 Å². The summed E-state index contributed by atoms with van der Waals surface area (Å²) in [6.45, 7) is 0. The van der Waals surface area contributed by atoms with E-state index in [2.05, 4.69) is 20.0 Å². The Bertz CT molecular complexity index is 1040. The number of halogens is 7. The molecule has 1 N–H and O–H groups in total. The Morgan fingerprint density at radius 2 is 1.76 bits per heavy atom. The molecule has 29 heavy (non-hydrogen) atoms. The molecule has 0 aliphatic heterocycles. The number of aromatic nitrogens is 2. The van der Waals surface area contributed by atoms with Gasteiger partial charge in [-0.2, -0.15) is 17.6 Å². The summed E-state index contributed by atoms with van der Waals surface area (Å²) in [5, 5.41) is 3.43. The van der Waals surface area contributed by atoms with Gasteiger partial charge in [-0.15, -0.1) is 0 Å². The monoisotopic (exact) mass is 465 g/mol. The summed E-state index contributed by atoms with van der Waals surface area (Å²) in [6.07, 6.45) is -7.14. The first-order valence-corrected chi connectivity index (χ1v) is 9.00. The Morgan fingerprint density at radius 1 is 1.00 bits per heavy atom. The molecule has 0 aliphatic rings. The van der Waals surface area contributed by atoms with Gasteiger partial charge in [0.25, 0.3) is 0 Å². The zero-order valence-electron chi connectivity index (χ0n) is 14.1. The van der Waals surface area contributed by atoms with E-state index in [0.717, 1.165) is 12.1 Å². The van der Waals surface area contributed by atoms with Crippen molar-refractivity contribution in [3.05, 3.63) is 63.7 Å². The molecule has 11 heteroatoms. The minimum atomic E-state index is -4.61. The van der Waals surface area contributed by atoms with Crippen LogP contribution in [-0.4, -0.2) is 22.5 Å². The highest BCUT2D eigenvalue weighted by molar-refractivity contribution is 6.49. The van der Waals surface area contributed by atoms with Gasteiger partial charge in [-0.1, -0.05) is 40.9 Å². The molecular formula is C18H10Cl3F4N3O. The standard InChI is InChI=1S/C18H10Cl3F4N3O/c19-12-5-4-11(14(20)15(12)21)13-6-7-26-17(28-13)27-9-2-1-3-10(8-9)29-18(24,25)16(22)23/h1-8,16H,(H,26,27,28). The van der Waals surface area contributed by atoms with Crippen LogP contribution >= 0.6 is 34.8 Å². The van der Waals surface area contributed by atoms with Crippen molar-refractivity contribution in [2.24, 2.45) is 0 Å². The highest BCUT2D eigenvalue weighted by atomic mass is 35.5. The molecular weight excluding hydrogens is 457 g/mol. The van der Waals surface area contributed by atoms with E-state index in [1.807, 2.05) is 0 Å². The maximum atomic E-state index is 13.1. The first kappa shape index (κ1) is 21.4. The molecule has 3 rings (SSSR count). The molecule has 3 aromatic rings. The lowest BCUT2D eigenvalue weighted by Crippen LogP contribution is -2.33. The third-order valence-electron chi connectivity index (χ3n) is 3.56. The van der Waals surface area contributed by atoms with E-state index >= 15 is 0 Å². The summed E-state index contributed by atoms with van der Waals surface area (Å²) < 4.78 is 54.8. The van der Waals surface area contributed by atoms with Crippen LogP contribution in [0, 0.1) is 0 Å². The normalized spacial score (nSPS) is 11.6. The molecule has 0 spiro atoms. The van der Waals surface area contributed by atoms with Crippen LogP contribution < -0.4 is 10.1 Å². The lowest BCUT2D eigenvalue weighted by molar-refractivity contribution is -0.253. The van der Waals surface area contributed by atoms with E-state index in [-0.39, 0.29) is 26.7 Å². The van der Waals surface area contributed by atoms with Crippen LogP contribution in [0.25, 0.3) is 11.3 Å². The van der Waals surface area contributed by atoms with Crippen molar-refractivity contribution in [1.29, 1.82) is 0 Å². The summed E-state index contributed by atoms with van der Waals surface area (Å²) in [5.41, 5.74) is 1.16. The predicted molar refractivity (Wildman–Crippen MR) is 104 cm³/mol. The average Bonchev–Trinajstić information content (AvgIpc) is 2.66. The Labute approximate surface area is 177 Å². The molecule has 2 aromatic carbocycles. The molecule has 1 aromatic heterocycles. The molecule has 152 valence electrons. The Hall–Kier alpha value is -2.29. The molecule has 0 atom stereocenters. The zero-order chi connectivity index (χ0) is 21.2. The number of ether oxygens (including phenoxy) is 1. The molecule has 0 saturated carbocycles. The summed E-state index contributed by atoms with van der Waals surface area (Å²) in [7, 11) is 0. The highest BCUT2D eigenvalue weighted by Crippen LogP contribution is 2.37. The van der Waals surface area contributed by atoms with E-state index < -0.39 is 18.3 Å². The van der Waals surface area contributed by atoms with Crippen LogP contribution in [-0.2, 0) is 0 Å². The lowest BCUT2D eigenvalue weighted by atomic mass is 10.1. The van der Waals surface area contributed by atoms with Gasteiger partial charge in [0.15, 0.2) is 0 Å². The molecule has 0 amide bonds. The van der Waals surface area contributed by atoms with Crippen molar-refractivity contribution in [2.45, 2.75) is 12.5 Å². The van der Waals surface area contributed by atoms with E-state index in [1.165, 1.54) is 18.3 Å². The summed E-state index contributed by atoms with van der Waals surface area (Å²) >= 11 is 18.2. The largest absolute Gasteiger partial charge is 0.461 e. The molecule has 4 nitrogen and oxygen atoms in total. The van der Waals surface area contributed by atoms with Crippen LogP contribution in [0.5, 0.6) is 5.75 Å². The fourth-order valence-electron chi connectivity index (χ4n) is 2.26. The van der Waals surface area contributed by atoms with Gasteiger partial charge in [-0.3, -0.25) is 0 Å². The van der Waals surface area contributed by atoms with Crippen LogP contribution in [0.3, 0.4) is 0 Å². The molecule has 1 heterocycles. The lowest BCUT2D eigenvalue weighted by Gasteiger charge is -2.17. The van der Waals surface area contributed by atoms with Gasteiger partial charge < -0.3 is 10.1 Å². The number of anilines is 2. The van der Waals surface area contributed by atoms with Gasteiger partial charge in [-0.05, 0) is 30.3 Å². The topological polar surface area (TPSA) is 47.0 Å². The summed E-state index contributed by atoms with van der Waals surface area (Å²) in [6, 6.07) is 9.84. The summed E-state index contributed by atoms with van der Waals surface area (Å²) in [5.74, 6) is -0.355. The van der Waals surface area contributed by atoms with E-state index in [9.17, 15) is 17.6 Å². The number of hydrogen-bond donors (Lipinski definition) is 1. The van der Waals surface area contributed by atoms with E-state index in [0.29, 0.717) is 11.3 Å². The second kappa shape index (κ2) is 8.61. The number of hydrogen-bond acceptors (Lipinski definition) is 4.